The quantitative estimate of drug-likeness (QED) is 0.766. The monoisotopic (exact) mass is 231 g/mol. The molecule has 0 aromatic carbocycles. The summed E-state index contributed by atoms with van der Waals surface area (Å²) in [5.41, 5.74) is 1.65. The molecule has 2 aromatic rings. The van der Waals surface area contributed by atoms with Crippen molar-refractivity contribution in [3.05, 3.63) is 43.5 Å². The summed E-state index contributed by atoms with van der Waals surface area (Å²) in [7, 11) is 0. The summed E-state index contributed by atoms with van der Waals surface area (Å²) in [5, 5.41) is 12.0. The first kappa shape index (κ1) is 11.3. The van der Waals surface area contributed by atoms with E-state index in [-0.39, 0.29) is 12.6 Å². The van der Waals surface area contributed by atoms with Crippen LogP contribution in [-0.2, 0) is 0 Å². The van der Waals surface area contributed by atoms with Gasteiger partial charge in [-0.2, -0.15) is 0 Å². The summed E-state index contributed by atoms with van der Waals surface area (Å²) in [5.74, 6) is 0.447. The van der Waals surface area contributed by atoms with Crippen molar-refractivity contribution in [2.24, 2.45) is 0 Å². The fraction of sp³-hybridized carbons (Fsp3) is 0.167. The highest BCUT2D eigenvalue weighted by Gasteiger charge is 2.06. The van der Waals surface area contributed by atoms with Crippen LogP contribution in [0.4, 0.5) is 5.95 Å². The zero-order valence-corrected chi connectivity index (χ0v) is 9.21. The molecule has 0 aliphatic carbocycles. The van der Waals surface area contributed by atoms with Gasteiger partial charge in [-0.25, -0.2) is 9.97 Å². The number of aromatic nitrogens is 2. The molecule has 17 heavy (non-hydrogen) atoms. The minimum atomic E-state index is -0.255. The van der Waals surface area contributed by atoms with Gasteiger partial charge in [0.15, 0.2) is 0 Å². The molecule has 1 atom stereocenters. The molecule has 0 saturated carbocycles. The highest BCUT2D eigenvalue weighted by atomic mass is 16.3. The number of furan rings is 1. The van der Waals surface area contributed by atoms with E-state index in [1.165, 1.54) is 0 Å². The molecule has 0 radical (unpaired) electrons. The van der Waals surface area contributed by atoms with E-state index >= 15 is 0 Å². The van der Waals surface area contributed by atoms with Gasteiger partial charge in [0.2, 0.25) is 5.95 Å². The molecule has 0 amide bonds. The van der Waals surface area contributed by atoms with Crippen LogP contribution in [-0.4, -0.2) is 27.7 Å². The van der Waals surface area contributed by atoms with Gasteiger partial charge in [-0.05, 0) is 12.1 Å². The molecule has 2 N–H and O–H groups in total. The van der Waals surface area contributed by atoms with Crippen molar-refractivity contribution in [2.45, 2.75) is 6.04 Å². The largest absolute Gasteiger partial charge is 0.472 e. The normalized spacial score (nSPS) is 12.1. The maximum atomic E-state index is 9.04. The minimum absolute atomic E-state index is 0.0528. The molecule has 5 heteroatoms. The third-order valence-corrected chi connectivity index (χ3v) is 2.27. The van der Waals surface area contributed by atoms with Gasteiger partial charge < -0.3 is 14.8 Å². The van der Waals surface area contributed by atoms with Crippen LogP contribution in [0, 0.1) is 0 Å². The third kappa shape index (κ3) is 2.70. The number of hydrogen-bond donors (Lipinski definition) is 2. The summed E-state index contributed by atoms with van der Waals surface area (Å²) >= 11 is 0. The number of hydrogen-bond acceptors (Lipinski definition) is 5. The molecular weight excluding hydrogens is 218 g/mol. The van der Waals surface area contributed by atoms with Crippen LogP contribution in [0.1, 0.15) is 0 Å². The smallest absolute Gasteiger partial charge is 0.223 e. The van der Waals surface area contributed by atoms with Crippen LogP contribution in [0.5, 0.6) is 0 Å². The summed E-state index contributed by atoms with van der Waals surface area (Å²) in [6, 6.07) is 3.36. The maximum Gasteiger partial charge on any atom is 0.223 e. The molecule has 88 valence electrons. The van der Waals surface area contributed by atoms with Crippen molar-refractivity contribution in [1.82, 2.24) is 9.97 Å². The standard InChI is InChI=1S/C12H13N3O2/c1-2-10(7-16)14-12-13-5-3-11(15-12)9-4-6-17-8-9/h2-6,8,10,16H,1,7H2,(H,13,14,15). The average molecular weight is 231 g/mol. The Morgan fingerprint density at radius 1 is 1.53 bits per heavy atom. The summed E-state index contributed by atoms with van der Waals surface area (Å²) in [6.45, 7) is 3.55. The third-order valence-electron chi connectivity index (χ3n) is 2.27. The Bertz CT molecular complexity index is 482. The van der Waals surface area contributed by atoms with Crippen molar-refractivity contribution < 1.29 is 9.52 Å². The van der Waals surface area contributed by atoms with Crippen molar-refractivity contribution in [3.8, 4) is 11.3 Å². The highest BCUT2D eigenvalue weighted by molar-refractivity contribution is 5.58. The lowest BCUT2D eigenvalue weighted by Crippen LogP contribution is -2.22. The van der Waals surface area contributed by atoms with Gasteiger partial charge >= 0.3 is 0 Å². The molecule has 5 nitrogen and oxygen atoms in total. The van der Waals surface area contributed by atoms with Crippen LogP contribution in [0.3, 0.4) is 0 Å². The van der Waals surface area contributed by atoms with E-state index in [9.17, 15) is 0 Å². The van der Waals surface area contributed by atoms with E-state index in [1.54, 1.807) is 30.9 Å². The van der Waals surface area contributed by atoms with Crippen molar-refractivity contribution in [1.29, 1.82) is 0 Å². The molecule has 2 heterocycles. The van der Waals surface area contributed by atoms with Crippen LogP contribution >= 0.6 is 0 Å². The van der Waals surface area contributed by atoms with E-state index in [0.29, 0.717) is 5.95 Å². The van der Waals surface area contributed by atoms with E-state index in [1.807, 2.05) is 6.07 Å². The van der Waals surface area contributed by atoms with Gasteiger partial charge in [-0.3, -0.25) is 0 Å². The number of anilines is 1. The van der Waals surface area contributed by atoms with Gasteiger partial charge in [0.05, 0.1) is 30.9 Å². The fourth-order valence-electron chi connectivity index (χ4n) is 1.34. The molecule has 0 bridgehead atoms. The lowest BCUT2D eigenvalue weighted by Gasteiger charge is -2.11. The first-order chi connectivity index (χ1) is 8.33. The fourth-order valence-corrected chi connectivity index (χ4v) is 1.34. The molecule has 1 unspecified atom stereocenters. The average Bonchev–Trinajstić information content (AvgIpc) is 2.90. The zero-order chi connectivity index (χ0) is 12.1. The number of aliphatic hydroxyl groups is 1. The van der Waals surface area contributed by atoms with Gasteiger partial charge in [0.25, 0.3) is 0 Å². The lowest BCUT2D eigenvalue weighted by molar-refractivity contribution is 0.290. The van der Waals surface area contributed by atoms with Crippen LogP contribution in [0.2, 0.25) is 0 Å². The van der Waals surface area contributed by atoms with Crippen LogP contribution in [0.25, 0.3) is 11.3 Å². The first-order valence-electron chi connectivity index (χ1n) is 5.19. The van der Waals surface area contributed by atoms with Crippen LogP contribution < -0.4 is 5.32 Å². The number of rotatable bonds is 5. The van der Waals surface area contributed by atoms with E-state index < -0.39 is 0 Å². The highest BCUT2D eigenvalue weighted by Crippen LogP contribution is 2.17. The second-order valence-electron chi connectivity index (χ2n) is 3.45. The predicted molar refractivity (Wildman–Crippen MR) is 64.4 cm³/mol. The van der Waals surface area contributed by atoms with E-state index in [2.05, 4.69) is 21.9 Å². The molecule has 0 saturated heterocycles. The molecule has 0 spiro atoms. The molecule has 0 aliphatic heterocycles. The second-order valence-corrected chi connectivity index (χ2v) is 3.45. The Morgan fingerprint density at radius 3 is 3.06 bits per heavy atom. The van der Waals surface area contributed by atoms with Gasteiger partial charge in [-0.1, -0.05) is 6.08 Å². The number of nitrogens with one attached hydrogen (secondary N) is 1. The SMILES string of the molecule is C=CC(CO)Nc1nccc(-c2ccoc2)n1. The van der Waals surface area contributed by atoms with Gasteiger partial charge in [0, 0.05) is 11.8 Å². The Kier molecular flexibility index (Phi) is 3.52. The zero-order valence-electron chi connectivity index (χ0n) is 9.21. The Balaban J connectivity index is 2.20. The molecule has 0 aliphatic rings. The van der Waals surface area contributed by atoms with Gasteiger partial charge in [0.1, 0.15) is 0 Å². The summed E-state index contributed by atoms with van der Waals surface area (Å²) in [6.07, 6.45) is 6.46. The molecule has 2 rings (SSSR count). The van der Waals surface area contributed by atoms with Gasteiger partial charge in [-0.15, -0.1) is 6.58 Å². The Hall–Kier alpha value is -2.14. The van der Waals surface area contributed by atoms with E-state index in [4.69, 9.17) is 9.52 Å². The van der Waals surface area contributed by atoms with E-state index in [0.717, 1.165) is 11.3 Å². The molecule has 0 fully saturated rings. The van der Waals surface area contributed by atoms with Crippen molar-refractivity contribution >= 4 is 5.95 Å². The topological polar surface area (TPSA) is 71.2 Å². The Labute approximate surface area is 98.8 Å². The predicted octanol–water partition coefficient (Wildman–Crippen LogP) is 1.70. The number of aliphatic hydroxyl groups excluding tert-OH is 1. The van der Waals surface area contributed by atoms with Crippen molar-refractivity contribution in [2.75, 3.05) is 11.9 Å². The molecular formula is C12H13N3O2. The van der Waals surface area contributed by atoms with Crippen molar-refractivity contribution in [3.63, 3.8) is 0 Å². The van der Waals surface area contributed by atoms with Crippen LogP contribution in [0.15, 0.2) is 47.9 Å². The Morgan fingerprint density at radius 2 is 2.41 bits per heavy atom. The maximum absolute atomic E-state index is 9.04. The minimum Gasteiger partial charge on any atom is -0.472 e. The summed E-state index contributed by atoms with van der Waals surface area (Å²) < 4.78 is 5.00. The number of nitrogens with zero attached hydrogens (tertiary/aromatic N) is 2. The molecule has 2 aromatic heterocycles. The second kappa shape index (κ2) is 5.27. The lowest BCUT2D eigenvalue weighted by atomic mass is 10.2. The summed E-state index contributed by atoms with van der Waals surface area (Å²) in [4.78, 5) is 8.38. The first-order valence-corrected chi connectivity index (χ1v) is 5.19.